The van der Waals surface area contributed by atoms with Crippen LogP contribution in [0.2, 0.25) is 0 Å². The highest BCUT2D eigenvalue weighted by molar-refractivity contribution is 5.99. The van der Waals surface area contributed by atoms with Gasteiger partial charge in [0.05, 0.1) is 6.54 Å². The molecule has 8 N–H and O–H groups in total. The summed E-state index contributed by atoms with van der Waals surface area (Å²) in [6.07, 6.45) is 4.92. The molecule has 0 aromatic carbocycles. The summed E-state index contributed by atoms with van der Waals surface area (Å²) < 4.78 is 0. The molecule has 0 aliphatic carbocycles. The molecule has 1 heterocycles. The summed E-state index contributed by atoms with van der Waals surface area (Å²) in [6, 6.07) is -0.0920. The fourth-order valence-corrected chi connectivity index (χ4v) is 1.86. The zero-order valence-corrected chi connectivity index (χ0v) is 17.6. The van der Waals surface area contributed by atoms with Crippen LogP contribution in [0.4, 0.5) is 0 Å². The van der Waals surface area contributed by atoms with Crippen molar-refractivity contribution >= 4 is 17.8 Å². The summed E-state index contributed by atoms with van der Waals surface area (Å²) in [6.45, 7) is 13.3. The maximum absolute atomic E-state index is 12.2. The number of rotatable bonds is 6. The Kier molecular flexibility index (Phi) is 14.6. The lowest BCUT2D eigenvalue weighted by molar-refractivity contribution is -0.124. The van der Waals surface area contributed by atoms with Gasteiger partial charge in [0.2, 0.25) is 5.91 Å². The number of hydrogen-bond donors (Lipinski definition) is 6. The third-order valence-corrected chi connectivity index (χ3v) is 3.35. The van der Waals surface area contributed by atoms with Crippen molar-refractivity contribution in [1.29, 1.82) is 0 Å². The first-order valence-corrected chi connectivity index (χ1v) is 8.87. The molecule has 0 saturated carbocycles. The highest BCUT2D eigenvalue weighted by Gasteiger charge is 2.15. The van der Waals surface area contributed by atoms with Gasteiger partial charge in [0.15, 0.2) is 5.96 Å². The molecule has 0 aromatic rings. The number of guanidine groups is 1. The molecule has 0 aromatic heterocycles. The van der Waals surface area contributed by atoms with Crippen LogP contribution in [0.15, 0.2) is 52.5 Å². The second-order valence-electron chi connectivity index (χ2n) is 5.32. The zero-order chi connectivity index (χ0) is 22.3. The van der Waals surface area contributed by atoms with E-state index in [9.17, 15) is 9.59 Å². The van der Waals surface area contributed by atoms with E-state index in [0.717, 1.165) is 12.7 Å². The summed E-state index contributed by atoms with van der Waals surface area (Å²) >= 11 is 0. The molecule has 158 valence electrons. The smallest absolute Gasteiger partial charge is 0.251 e. The molecule has 0 saturated heterocycles. The third-order valence-electron chi connectivity index (χ3n) is 3.35. The predicted octanol–water partition coefficient (Wildman–Crippen LogP) is 0.366. The van der Waals surface area contributed by atoms with E-state index in [-0.39, 0.29) is 24.5 Å². The number of nitrogens with one attached hydrogen (secondary N) is 3. The number of hydrogen-bond acceptors (Lipinski definition) is 5. The number of dihydropyridines is 1. The van der Waals surface area contributed by atoms with E-state index < -0.39 is 5.91 Å². The average molecular weight is 395 g/mol. The number of aliphatic imine (C=N–C) groups is 1. The molecular weight excluding hydrogens is 360 g/mol. The first kappa shape index (κ1) is 27.2. The number of nitrogens with two attached hydrogens (primary N) is 2. The largest absolute Gasteiger partial charge is 0.400 e. The molecule has 1 atom stereocenters. The first-order valence-electron chi connectivity index (χ1n) is 8.87. The van der Waals surface area contributed by atoms with Crippen molar-refractivity contribution in [1.82, 2.24) is 16.0 Å². The third kappa shape index (κ3) is 10.8. The second-order valence-corrected chi connectivity index (χ2v) is 5.32. The Hall–Kier alpha value is -3.07. The minimum atomic E-state index is -0.425. The van der Waals surface area contributed by atoms with Crippen molar-refractivity contribution in [2.24, 2.45) is 16.5 Å². The van der Waals surface area contributed by atoms with Crippen molar-refractivity contribution in [2.75, 3.05) is 13.7 Å². The highest BCUT2D eigenvalue weighted by Crippen LogP contribution is 2.12. The normalized spacial score (nSPS) is 13.7. The van der Waals surface area contributed by atoms with E-state index in [2.05, 4.69) is 27.5 Å². The maximum atomic E-state index is 12.2. The van der Waals surface area contributed by atoms with Crippen LogP contribution in [-0.4, -0.2) is 42.6 Å². The van der Waals surface area contributed by atoms with Gasteiger partial charge in [-0.3, -0.25) is 9.59 Å². The quantitative estimate of drug-likeness (QED) is 0.217. The SMILES string of the molecule is C=C1C=C(C(=O)NCC(=O)NC(C)/C(C)=C/C)C=C(N=C(N)N)N1.CC.CO. The zero-order valence-electron chi connectivity index (χ0n) is 17.6. The van der Waals surface area contributed by atoms with Crippen molar-refractivity contribution in [3.05, 3.63) is 47.5 Å². The van der Waals surface area contributed by atoms with Crippen LogP contribution in [0.3, 0.4) is 0 Å². The maximum Gasteiger partial charge on any atom is 0.251 e. The average Bonchev–Trinajstić information content (AvgIpc) is 2.67. The van der Waals surface area contributed by atoms with Gasteiger partial charge in [0, 0.05) is 24.4 Å². The van der Waals surface area contributed by atoms with Crippen LogP contribution in [0, 0.1) is 0 Å². The molecule has 0 bridgehead atoms. The van der Waals surface area contributed by atoms with E-state index >= 15 is 0 Å². The Balaban J connectivity index is 0. The van der Waals surface area contributed by atoms with Gasteiger partial charge in [-0.25, -0.2) is 0 Å². The van der Waals surface area contributed by atoms with Crippen molar-refractivity contribution < 1.29 is 14.7 Å². The van der Waals surface area contributed by atoms with E-state index in [1.165, 1.54) is 12.2 Å². The summed E-state index contributed by atoms with van der Waals surface area (Å²) in [7, 11) is 1.00. The molecule has 9 heteroatoms. The molecule has 1 aliphatic rings. The van der Waals surface area contributed by atoms with Crippen molar-refractivity contribution in [3.63, 3.8) is 0 Å². The molecule has 2 amide bonds. The van der Waals surface area contributed by atoms with Gasteiger partial charge in [-0.2, -0.15) is 4.99 Å². The minimum absolute atomic E-state index is 0.0920. The van der Waals surface area contributed by atoms with Crippen LogP contribution in [0.25, 0.3) is 0 Å². The van der Waals surface area contributed by atoms with Crippen LogP contribution in [0.1, 0.15) is 34.6 Å². The molecule has 28 heavy (non-hydrogen) atoms. The molecule has 0 spiro atoms. The van der Waals surface area contributed by atoms with Gasteiger partial charge in [0.1, 0.15) is 5.82 Å². The number of carbonyl (C=O) groups excluding carboxylic acids is 2. The summed E-state index contributed by atoms with van der Waals surface area (Å²) in [5.74, 6) is -0.546. The Morgan fingerprint density at radius 1 is 1.32 bits per heavy atom. The van der Waals surface area contributed by atoms with E-state index in [1.807, 2.05) is 40.7 Å². The lowest BCUT2D eigenvalue weighted by atomic mass is 10.1. The monoisotopic (exact) mass is 394 g/mol. The lowest BCUT2D eigenvalue weighted by Gasteiger charge is -2.16. The second kappa shape index (κ2) is 15.0. The number of allylic oxidation sites excluding steroid dienone is 2. The van der Waals surface area contributed by atoms with Gasteiger partial charge in [0.25, 0.3) is 5.91 Å². The topological polar surface area (TPSA) is 155 Å². The molecule has 1 aliphatic heterocycles. The van der Waals surface area contributed by atoms with Gasteiger partial charge in [-0.15, -0.1) is 0 Å². The van der Waals surface area contributed by atoms with E-state index in [4.69, 9.17) is 16.6 Å². The number of amides is 2. The van der Waals surface area contributed by atoms with Crippen molar-refractivity contribution in [2.45, 2.75) is 40.7 Å². The molecular formula is C19H34N6O3. The fourth-order valence-electron chi connectivity index (χ4n) is 1.86. The van der Waals surface area contributed by atoms with Gasteiger partial charge >= 0.3 is 0 Å². The predicted molar refractivity (Wildman–Crippen MR) is 114 cm³/mol. The highest BCUT2D eigenvalue weighted by atomic mass is 16.2. The van der Waals surface area contributed by atoms with Gasteiger partial charge in [-0.05, 0) is 32.9 Å². The molecule has 0 radical (unpaired) electrons. The van der Waals surface area contributed by atoms with Crippen LogP contribution in [0.5, 0.6) is 0 Å². The van der Waals surface area contributed by atoms with Gasteiger partial charge < -0.3 is 32.5 Å². The standard InChI is InChI=1S/C16H24N6O2.C2H6.CH4O/c1-5-9(2)11(4)21-14(23)8-19-15(24)12-6-10(3)20-13(7-12)22-16(17)18;2*1-2/h5-7,11,20H,3,8H2,1-2,4H3,(H,19,24)(H,21,23)(H4,17,18,22);1-2H3;2H,1H3/b9-5+;;. The number of aliphatic hydroxyl groups is 1. The first-order chi connectivity index (χ1) is 13.2. The summed E-state index contributed by atoms with van der Waals surface area (Å²) in [5.41, 5.74) is 12.4. The van der Waals surface area contributed by atoms with E-state index in [1.54, 1.807) is 0 Å². The molecule has 9 nitrogen and oxygen atoms in total. The number of carbonyl (C=O) groups is 2. The Morgan fingerprint density at radius 2 is 1.89 bits per heavy atom. The molecule has 1 unspecified atom stereocenters. The molecule has 0 fully saturated rings. The van der Waals surface area contributed by atoms with E-state index in [0.29, 0.717) is 17.1 Å². The van der Waals surface area contributed by atoms with Crippen molar-refractivity contribution in [3.8, 4) is 0 Å². The Bertz CT molecular complexity index is 659. The van der Waals surface area contributed by atoms with Crippen LogP contribution < -0.4 is 27.4 Å². The fraction of sp³-hybridized carbons (Fsp3) is 0.421. The lowest BCUT2D eigenvalue weighted by Crippen LogP contribution is -2.41. The number of aliphatic hydroxyl groups excluding tert-OH is 1. The summed E-state index contributed by atoms with van der Waals surface area (Å²) in [5, 5.41) is 15.2. The summed E-state index contributed by atoms with van der Waals surface area (Å²) in [4.78, 5) is 27.9. The molecule has 1 rings (SSSR count). The van der Waals surface area contributed by atoms with Gasteiger partial charge in [-0.1, -0.05) is 32.1 Å². The Morgan fingerprint density at radius 3 is 2.39 bits per heavy atom. The minimum Gasteiger partial charge on any atom is -0.400 e. The van der Waals surface area contributed by atoms with Crippen LogP contribution in [-0.2, 0) is 9.59 Å². The number of nitrogens with zero attached hydrogens (tertiary/aromatic N) is 1. The Labute approximate surface area is 167 Å². The van der Waals surface area contributed by atoms with Crippen LogP contribution >= 0.6 is 0 Å².